The van der Waals surface area contributed by atoms with E-state index in [1.54, 1.807) is 31.2 Å². The van der Waals surface area contributed by atoms with Gasteiger partial charge in [-0.15, -0.1) is 11.6 Å². The fourth-order valence-corrected chi connectivity index (χ4v) is 1.28. The molecule has 1 unspecified atom stereocenters. The lowest BCUT2D eigenvalue weighted by molar-refractivity contribution is -0.131. The van der Waals surface area contributed by atoms with Gasteiger partial charge in [-0.25, -0.2) is 4.79 Å². The highest BCUT2D eigenvalue weighted by atomic mass is 35.5. The van der Waals surface area contributed by atoms with Gasteiger partial charge in [-0.05, 0) is 18.6 Å². The van der Waals surface area contributed by atoms with Crippen LogP contribution >= 0.6 is 11.6 Å². The number of hydrogen-bond donors (Lipinski definition) is 1. The van der Waals surface area contributed by atoms with Crippen LogP contribution in [0.1, 0.15) is 22.8 Å². The predicted octanol–water partition coefficient (Wildman–Crippen LogP) is 2.59. The molecule has 0 saturated heterocycles. The van der Waals surface area contributed by atoms with Gasteiger partial charge in [0.05, 0.1) is 5.38 Å². The number of carboxylic acids is 1. The number of ketones is 1. The Morgan fingerprint density at radius 2 is 1.88 bits per heavy atom. The molecule has 4 heteroatoms. The first kappa shape index (κ1) is 12.5. The van der Waals surface area contributed by atoms with E-state index in [0.717, 1.165) is 11.6 Å². The molecule has 0 fully saturated rings. The summed E-state index contributed by atoms with van der Waals surface area (Å²) in [4.78, 5) is 21.8. The number of carboxylic acid groups (broad SMARTS) is 1. The van der Waals surface area contributed by atoms with Crippen molar-refractivity contribution in [3.8, 4) is 0 Å². The number of rotatable bonds is 4. The lowest BCUT2D eigenvalue weighted by atomic mass is 10.1. The zero-order chi connectivity index (χ0) is 12.1. The Morgan fingerprint density at radius 3 is 2.31 bits per heavy atom. The van der Waals surface area contributed by atoms with Gasteiger partial charge in [-0.2, -0.15) is 0 Å². The van der Waals surface area contributed by atoms with E-state index in [-0.39, 0.29) is 5.78 Å². The molecule has 16 heavy (non-hydrogen) atoms. The summed E-state index contributed by atoms with van der Waals surface area (Å²) < 4.78 is 0. The first-order valence-corrected chi connectivity index (χ1v) is 5.13. The summed E-state index contributed by atoms with van der Waals surface area (Å²) in [5.41, 5.74) is 1.25. The number of aliphatic carboxylic acids is 1. The molecule has 0 amide bonds. The van der Waals surface area contributed by atoms with Crippen LogP contribution < -0.4 is 0 Å². The molecule has 84 valence electrons. The van der Waals surface area contributed by atoms with Crippen molar-refractivity contribution in [3.63, 3.8) is 0 Å². The molecule has 0 bridgehead atoms. The van der Waals surface area contributed by atoms with Gasteiger partial charge in [0.25, 0.3) is 0 Å². The van der Waals surface area contributed by atoms with Crippen LogP contribution in [-0.4, -0.2) is 22.2 Å². The van der Waals surface area contributed by atoms with Gasteiger partial charge < -0.3 is 5.11 Å². The second-order valence-electron chi connectivity index (χ2n) is 3.27. The van der Waals surface area contributed by atoms with E-state index in [4.69, 9.17) is 16.7 Å². The quantitative estimate of drug-likeness (QED) is 0.498. The lowest BCUT2D eigenvalue weighted by Gasteiger charge is -2.02. The number of carbonyl (C=O) groups excluding carboxylic acids is 1. The van der Waals surface area contributed by atoms with Crippen LogP contribution in [0.5, 0.6) is 0 Å². The molecule has 1 rings (SSSR count). The second-order valence-corrected chi connectivity index (χ2v) is 3.93. The van der Waals surface area contributed by atoms with E-state index >= 15 is 0 Å². The van der Waals surface area contributed by atoms with Crippen molar-refractivity contribution < 1.29 is 14.7 Å². The van der Waals surface area contributed by atoms with Crippen molar-refractivity contribution in [2.24, 2.45) is 0 Å². The third-order valence-electron chi connectivity index (χ3n) is 1.97. The van der Waals surface area contributed by atoms with Crippen molar-refractivity contribution in [1.82, 2.24) is 0 Å². The third-order valence-corrected chi connectivity index (χ3v) is 2.17. The van der Waals surface area contributed by atoms with E-state index in [9.17, 15) is 9.59 Å². The zero-order valence-corrected chi connectivity index (χ0v) is 9.44. The summed E-state index contributed by atoms with van der Waals surface area (Å²) in [6.07, 6.45) is 2.50. The Bertz CT molecular complexity index is 418. The van der Waals surface area contributed by atoms with Gasteiger partial charge in [0, 0.05) is 11.6 Å². The maximum atomic E-state index is 11.5. The van der Waals surface area contributed by atoms with Crippen LogP contribution in [0, 0.1) is 0 Å². The molecular formula is C12H11ClO3. The minimum absolute atomic E-state index is 0.143. The van der Waals surface area contributed by atoms with E-state index in [0.29, 0.717) is 5.56 Å². The molecule has 1 aromatic rings. The molecule has 0 aromatic heterocycles. The summed E-state index contributed by atoms with van der Waals surface area (Å²) in [7, 11) is 0. The minimum atomic E-state index is -1.01. The fraction of sp³-hybridized carbons (Fsp3) is 0.167. The first-order chi connectivity index (χ1) is 7.50. The molecule has 0 radical (unpaired) electrons. The summed E-state index contributed by atoms with van der Waals surface area (Å²) in [5.74, 6) is -1.15. The van der Waals surface area contributed by atoms with E-state index < -0.39 is 11.3 Å². The van der Waals surface area contributed by atoms with Crippen molar-refractivity contribution in [1.29, 1.82) is 0 Å². The molecule has 0 aliphatic rings. The number of alkyl halides is 1. The van der Waals surface area contributed by atoms with Gasteiger partial charge >= 0.3 is 5.97 Å². The van der Waals surface area contributed by atoms with Gasteiger partial charge in [0.1, 0.15) is 0 Å². The summed E-state index contributed by atoms with van der Waals surface area (Å²) >= 11 is 5.66. The second kappa shape index (κ2) is 5.47. The topological polar surface area (TPSA) is 54.4 Å². The van der Waals surface area contributed by atoms with Crippen LogP contribution in [-0.2, 0) is 4.79 Å². The molecule has 1 N–H and O–H groups in total. The van der Waals surface area contributed by atoms with Crippen LogP contribution in [0.15, 0.2) is 30.3 Å². The number of carbonyl (C=O) groups is 2. The third kappa shape index (κ3) is 3.51. The Balaban J connectivity index is 2.83. The van der Waals surface area contributed by atoms with E-state index in [1.807, 2.05) is 0 Å². The largest absolute Gasteiger partial charge is 0.478 e. The standard InChI is InChI=1S/C12H11ClO3/c1-8(13)12(16)10-5-2-9(3-6-10)4-7-11(14)15/h2-8H,1H3,(H,14,15)/b7-4+. The Morgan fingerprint density at radius 1 is 1.31 bits per heavy atom. The predicted molar refractivity (Wildman–Crippen MR) is 62.8 cm³/mol. The van der Waals surface area contributed by atoms with Crippen molar-refractivity contribution in [3.05, 3.63) is 41.5 Å². The molecule has 0 saturated carbocycles. The monoisotopic (exact) mass is 238 g/mol. The van der Waals surface area contributed by atoms with Crippen molar-refractivity contribution in [2.75, 3.05) is 0 Å². The summed E-state index contributed by atoms with van der Waals surface area (Å²) in [5, 5.41) is 7.88. The number of hydrogen-bond acceptors (Lipinski definition) is 2. The highest BCUT2D eigenvalue weighted by molar-refractivity contribution is 6.33. The fourth-order valence-electron chi connectivity index (χ4n) is 1.16. The molecule has 0 aliphatic heterocycles. The molecule has 0 heterocycles. The normalized spacial score (nSPS) is 12.6. The number of halogens is 1. The molecular weight excluding hydrogens is 228 g/mol. The van der Waals surface area contributed by atoms with Crippen LogP contribution in [0.4, 0.5) is 0 Å². The average molecular weight is 239 g/mol. The Kier molecular flexibility index (Phi) is 4.26. The first-order valence-electron chi connectivity index (χ1n) is 4.70. The van der Waals surface area contributed by atoms with Gasteiger partial charge in [-0.3, -0.25) is 4.79 Å². The van der Waals surface area contributed by atoms with E-state index in [2.05, 4.69) is 0 Å². The molecule has 0 aliphatic carbocycles. The van der Waals surface area contributed by atoms with Crippen LogP contribution in [0.2, 0.25) is 0 Å². The van der Waals surface area contributed by atoms with Crippen LogP contribution in [0.3, 0.4) is 0 Å². The minimum Gasteiger partial charge on any atom is -0.478 e. The molecule has 1 aromatic carbocycles. The van der Waals surface area contributed by atoms with Crippen molar-refractivity contribution in [2.45, 2.75) is 12.3 Å². The van der Waals surface area contributed by atoms with Gasteiger partial charge in [0.2, 0.25) is 0 Å². The van der Waals surface area contributed by atoms with Crippen molar-refractivity contribution >= 4 is 29.4 Å². The Labute approximate surface area is 98.4 Å². The summed E-state index contributed by atoms with van der Waals surface area (Å²) in [6.45, 7) is 1.61. The smallest absolute Gasteiger partial charge is 0.328 e. The average Bonchev–Trinajstić information content (AvgIpc) is 2.26. The molecule has 0 spiro atoms. The van der Waals surface area contributed by atoms with Gasteiger partial charge in [0.15, 0.2) is 5.78 Å². The number of Topliss-reactive ketones (excluding diaryl/α,β-unsaturated/α-hetero) is 1. The Hall–Kier alpha value is -1.61. The van der Waals surface area contributed by atoms with E-state index in [1.165, 1.54) is 6.08 Å². The summed E-state index contributed by atoms with van der Waals surface area (Å²) in [6, 6.07) is 6.60. The number of benzene rings is 1. The van der Waals surface area contributed by atoms with Crippen LogP contribution in [0.25, 0.3) is 6.08 Å². The molecule has 3 nitrogen and oxygen atoms in total. The van der Waals surface area contributed by atoms with Gasteiger partial charge in [-0.1, -0.05) is 24.3 Å². The molecule has 1 atom stereocenters. The maximum Gasteiger partial charge on any atom is 0.328 e. The highest BCUT2D eigenvalue weighted by Crippen LogP contribution is 2.10. The SMILES string of the molecule is CC(Cl)C(=O)c1ccc(/C=C/C(=O)O)cc1. The highest BCUT2D eigenvalue weighted by Gasteiger charge is 2.11. The lowest BCUT2D eigenvalue weighted by Crippen LogP contribution is -2.09. The maximum absolute atomic E-state index is 11.5. The zero-order valence-electron chi connectivity index (χ0n) is 8.68.